The molecular weight excluding hydrogens is 342 g/mol. The number of nitrogens with zero attached hydrogens (tertiary/aromatic N) is 1. The summed E-state index contributed by atoms with van der Waals surface area (Å²) in [5.41, 5.74) is 2.99. The van der Waals surface area contributed by atoms with Crippen LogP contribution in [0.3, 0.4) is 0 Å². The lowest BCUT2D eigenvalue weighted by Gasteiger charge is -2.14. The molecule has 138 valence electrons. The fourth-order valence-electron chi connectivity index (χ4n) is 3.40. The Morgan fingerprint density at radius 3 is 2.70 bits per heavy atom. The number of nitrogens with one attached hydrogen (secondary N) is 2. The summed E-state index contributed by atoms with van der Waals surface area (Å²) < 4.78 is 7.46. The molecule has 1 amide bonds. The monoisotopic (exact) mass is 363 g/mol. The Hall–Kier alpha value is -3.12. The van der Waals surface area contributed by atoms with E-state index in [4.69, 9.17) is 4.74 Å². The first kappa shape index (κ1) is 17.3. The molecular formula is C21H21N3O3. The average Bonchev–Trinajstić information content (AvgIpc) is 3.29. The molecule has 2 atom stereocenters. The van der Waals surface area contributed by atoms with E-state index in [1.807, 2.05) is 49.4 Å². The second-order valence-corrected chi connectivity index (χ2v) is 6.75. The van der Waals surface area contributed by atoms with Crippen LogP contribution >= 0.6 is 0 Å². The minimum absolute atomic E-state index is 0.0466. The fourth-order valence-corrected chi connectivity index (χ4v) is 3.40. The van der Waals surface area contributed by atoms with Gasteiger partial charge in [0, 0.05) is 17.6 Å². The number of hydrogen-bond acceptors (Lipinski definition) is 3. The second kappa shape index (κ2) is 7.25. The summed E-state index contributed by atoms with van der Waals surface area (Å²) in [6.07, 6.45) is 2.71. The Bertz CT molecular complexity index is 1010. The minimum atomic E-state index is -0.476. The van der Waals surface area contributed by atoms with Crippen molar-refractivity contribution in [1.82, 2.24) is 9.55 Å². The lowest BCUT2D eigenvalue weighted by molar-refractivity contribution is -0.126. The minimum Gasteiger partial charge on any atom is -0.360 e. The maximum atomic E-state index is 12.6. The molecule has 0 spiro atoms. The predicted octanol–water partition coefficient (Wildman–Crippen LogP) is 3.33. The zero-order chi connectivity index (χ0) is 18.8. The maximum Gasteiger partial charge on any atom is 0.330 e. The first-order valence-corrected chi connectivity index (χ1v) is 9.00. The van der Waals surface area contributed by atoms with Gasteiger partial charge in [-0.05, 0) is 43.5 Å². The highest BCUT2D eigenvalue weighted by atomic mass is 16.5. The number of imidazole rings is 1. The van der Waals surface area contributed by atoms with Gasteiger partial charge in [-0.2, -0.15) is 0 Å². The van der Waals surface area contributed by atoms with E-state index in [0.29, 0.717) is 17.8 Å². The Labute approximate surface area is 156 Å². The fraction of sp³-hybridized carbons (Fsp3) is 0.238. The van der Waals surface area contributed by atoms with Crippen molar-refractivity contribution >= 4 is 11.6 Å². The SMILES string of the molecule is Cc1cn(-c2cccc(NC(=O)[C@H]3CC[C@@H](c4ccccc4)O3)c2)c(=O)[nH]1. The highest BCUT2D eigenvalue weighted by Gasteiger charge is 2.31. The molecule has 0 aliphatic carbocycles. The Kier molecular flexibility index (Phi) is 4.64. The zero-order valence-corrected chi connectivity index (χ0v) is 15.0. The topological polar surface area (TPSA) is 76.1 Å². The van der Waals surface area contributed by atoms with E-state index >= 15 is 0 Å². The number of benzene rings is 2. The van der Waals surface area contributed by atoms with E-state index in [1.165, 1.54) is 4.57 Å². The van der Waals surface area contributed by atoms with Crippen molar-refractivity contribution in [2.75, 3.05) is 5.32 Å². The number of carbonyl (C=O) groups excluding carboxylic acids is 1. The van der Waals surface area contributed by atoms with E-state index in [0.717, 1.165) is 17.7 Å². The smallest absolute Gasteiger partial charge is 0.330 e. The number of aromatic amines is 1. The number of aromatic nitrogens is 2. The summed E-state index contributed by atoms with van der Waals surface area (Å²) in [4.78, 5) is 27.3. The van der Waals surface area contributed by atoms with Crippen molar-refractivity contribution in [3.05, 3.63) is 82.5 Å². The molecule has 4 rings (SSSR count). The van der Waals surface area contributed by atoms with Crippen molar-refractivity contribution in [1.29, 1.82) is 0 Å². The molecule has 1 aliphatic rings. The van der Waals surface area contributed by atoms with Gasteiger partial charge in [-0.1, -0.05) is 36.4 Å². The van der Waals surface area contributed by atoms with E-state index in [1.54, 1.807) is 18.3 Å². The lowest BCUT2D eigenvalue weighted by atomic mass is 10.1. The van der Waals surface area contributed by atoms with Crippen molar-refractivity contribution in [3.8, 4) is 5.69 Å². The molecule has 0 radical (unpaired) electrons. The van der Waals surface area contributed by atoms with E-state index in [2.05, 4.69) is 10.3 Å². The maximum absolute atomic E-state index is 12.6. The molecule has 3 aromatic rings. The Morgan fingerprint density at radius 2 is 1.96 bits per heavy atom. The molecule has 1 aromatic heterocycles. The van der Waals surface area contributed by atoms with Crippen molar-refractivity contribution < 1.29 is 9.53 Å². The predicted molar refractivity (Wildman–Crippen MR) is 103 cm³/mol. The van der Waals surface area contributed by atoms with Crippen LogP contribution in [0, 0.1) is 6.92 Å². The van der Waals surface area contributed by atoms with Crippen LogP contribution in [0.2, 0.25) is 0 Å². The molecule has 1 fully saturated rings. The number of ether oxygens (including phenoxy) is 1. The number of carbonyl (C=O) groups is 1. The van der Waals surface area contributed by atoms with Crippen LogP contribution in [0.5, 0.6) is 0 Å². The first-order valence-electron chi connectivity index (χ1n) is 9.00. The van der Waals surface area contributed by atoms with Gasteiger partial charge in [0.25, 0.3) is 5.91 Å². The molecule has 27 heavy (non-hydrogen) atoms. The van der Waals surface area contributed by atoms with E-state index < -0.39 is 6.10 Å². The van der Waals surface area contributed by atoms with Crippen molar-refractivity contribution in [2.24, 2.45) is 0 Å². The number of anilines is 1. The number of hydrogen-bond donors (Lipinski definition) is 2. The molecule has 2 heterocycles. The molecule has 2 N–H and O–H groups in total. The molecule has 2 aromatic carbocycles. The molecule has 1 saturated heterocycles. The number of rotatable bonds is 4. The molecule has 0 unspecified atom stereocenters. The highest BCUT2D eigenvalue weighted by Crippen LogP contribution is 2.33. The highest BCUT2D eigenvalue weighted by molar-refractivity contribution is 5.94. The first-order chi connectivity index (χ1) is 13.1. The van der Waals surface area contributed by atoms with Crippen LogP contribution in [0.1, 0.15) is 30.2 Å². The van der Waals surface area contributed by atoms with Gasteiger partial charge < -0.3 is 15.0 Å². The lowest BCUT2D eigenvalue weighted by Crippen LogP contribution is -2.27. The third-order valence-electron chi connectivity index (χ3n) is 4.72. The number of H-pyrrole nitrogens is 1. The second-order valence-electron chi connectivity index (χ2n) is 6.75. The zero-order valence-electron chi connectivity index (χ0n) is 15.0. The van der Waals surface area contributed by atoms with Crippen LogP contribution < -0.4 is 11.0 Å². The van der Waals surface area contributed by atoms with Crippen LogP contribution in [0.25, 0.3) is 5.69 Å². The van der Waals surface area contributed by atoms with Crippen LogP contribution in [-0.2, 0) is 9.53 Å². The van der Waals surface area contributed by atoms with E-state index in [9.17, 15) is 9.59 Å². The van der Waals surface area contributed by atoms with Gasteiger partial charge in [0.1, 0.15) is 6.10 Å². The summed E-state index contributed by atoms with van der Waals surface area (Å²) >= 11 is 0. The molecule has 6 nitrogen and oxygen atoms in total. The van der Waals surface area contributed by atoms with Gasteiger partial charge in [0.2, 0.25) is 0 Å². The van der Waals surface area contributed by atoms with Gasteiger partial charge in [-0.25, -0.2) is 4.79 Å². The molecule has 1 aliphatic heterocycles. The largest absolute Gasteiger partial charge is 0.360 e. The van der Waals surface area contributed by atoms with Crippen LogP contribution in [0.4, 0.5) is 5.69 Å². The summed E-state index contributed by atoms with van der Waals surface area (Å²) in [5.74, 6) is -0.164. The summed E-state index contributed by atoms with van der Waals surface area (Å²) in [6.45, 7) is 1.82. The molecule has 0 bridgehead atoms. The Morgan fingerprint density at radius 1 is 1.15 bits per heavy atom. The molecule has 0 saturated carbocycles. The van der Waals surface area contributed by atoms with E-state index in [-0.39, 0.29) is 17.7 Å². The standard InChI is InChI=1S/C21H21N3O3/c1-14-13-24(21(26)22-14)17-9-5-8-16(12-17)23-20(25)19-11-10-18(27-19)15-6-3-2-4-7-15/h2-9,12-13,18-19H,10-11H2,1H3,(H,22,26)(H,23,25)/t18-,19+/m0/s1. The number of amides is 1. The van der Waals surface area contributed by atoms with Gasteiger partial charge in [-0.15, -0.1) is 0 Å². The summed E-state index contributed by atoms with van der Waals surface area (Å²) in [7, 11) is 0. The normalized spacial score (nSPS) is 19.1. The Balaban J connectivity index is 1.45. The summed E-state index contributed by atoms with van der Waals surface area (Å²) in [5, 5.41) is 2.90. The number of aryl methyl sites for hydroxylation is 1. The van der Waals surface area contributed by atoms with Gasteiger partial charge >= 0.3 is 5.69 Å². The quantitative estimate of drug-likeness (QED) is 0.746. The third kappa shape index (κ3) is 3.71. The summed E-state index contributed by atoms with van der Waals surface area (Å²) in [6, 6.07) is 17.2. The van der Waals surface area contributed by atoms with Gasteiger partial charge in [0.05, 0.1) is 11.8 Å². The van der Waals surface area contributed by atoms with Crippen molar-refractivity contribution in [3.63, 3.8) is 0 Å². The van der Waals surface area contributed by atoms with Crippen molar-refractivity contribution in [2.45, 2.75) is 32.0 Å². The van der Waals surface area contributed by atoms with Gasteiger partial charge in [0.15, 0.2) is 0 Å². The van der Waals surface area contributed by atoms with Crippen LogP contribution in [-0.4, -0.2) is 21.6 Å². The third-order valence-corrected chi connectivity index (χ3v) is 4.72. The average molecular weight is 363 g/mol. The van der Waals surface area contributed by atoms with Gasteiger partial charge in [-0.3, -0.25) is 9.36 Å². The molecule has 6 heteroatoms. The van der Waals surface area contributed by atoms with Crippen LogP contribution in [0.15, 0.2) is 65.6 Å².